The molecule has 0 aliphatic rings. The third-order valence-electron chi connectivity index (χ3n) is 2.24. The van der Waals surface area contributed by atoms with Gasteiger partial charge in [-0.3, -0.25) is 0 Å². The number of nitriles is 1. The summed E-state index contributed by atoms with van der Waals surface area (Å²) in [4.78, 5) is 4.26. The number of nitrogens with one attached hydrogen (secondary N) is 1. The molecule has 15 heavy (non-hydrogen) atoms. The van der Waals surface area contributed by atoms with E-state index in [1.807, 2.05) is 13.8 Å². The van der Waals surface area contributed by atoms with E-state index in [9.17, 15) is 0 Å². The van der Waals surface area contributed by atoms with Crippen molar-refractivity contribution in [1.29, 1.82) is 5.26 Å². The topological polar surface area (TPSA) is 61.9 Å². The van der Waals surface area contributed by atoms with Crippen molar-refractivity contribution >= 4 is 0 Å². The van der Waals surface area contributed by atoms with Crippen LogP contribution in [0.3, 0.4) is 0 Å². The van der Waals surface area contributed by atoms with Crippen molar-refractivity contribution in [3.8, 4) is 6.07 Å². The summed E-state index contributed by atoms with van der Waals surface area (Å²) >= 11 is 0. The molecular formula is C11H17N3O. The summed E-state index contributed by atoms with van der Waals surface area (Å²) in [5, 5.41) is 11.6. The van der Waals surface area contributed by atoms with E-state index >= 15 is 0 Å². The first kappa shape index (κ1) is 11.7. The van der Waals surface area contributed by atoms with E-state index in [2.05, 4.69) is 16.4 Å². The Morgan fingerprint density at radius 3 is 2.80 bits per heavy atom. The number of hydrogen-bond donors (Lipinski definition) is 1. The van der Waals surface area contributed by atoms with Gasteiger partial charge in [-0.25, -0.2) is 4.98 Å². The van der Waals surface area contributed by atoms with Gasteiger partial charge in [-0.1, -0.05) is 0 Å². The fourth-order valence-electron chi connectivity index (χ4n) is 1.26. The second kappa shape index (κ2) is 6.20. The smallest absolute Gasteiger partial charge is 0.208 e. The van der Waals surface area contributed by atoms with Crippen molar-refractivity contribution in [2.45, 2.75) is 39.7 Å². The summed E-state index contributed by atoms with van der Waals surface area (Å²) in [7, 11) is 0. The maximum atomic E-state index is 8.34. The highest BCUT2D eigenvalue weighted by Crippen LogP contribution is 2.07. The Morgan fingerprint density at radius 2 is 2.20 bits per heavy atom. The Balaban J connectivity index is 2.13. The minimum absolute atomic E-state index is 0.638. The lowest BCUT2D eigenvalue weighted by Gasteiger charge is -1.99. The molecule has 4 heteroatoms. The Kier molecular flexibility index (Phi) is 4.85. The molecule has 0 atom stereocenters. The highest BCUT2D eigenvalue weighted by atomic mass is 16.4. The van der Waals surface area contributed by atoms with Gasteiger partial charge in [0.2, 0.25) is 5.89 Å². The quantitative estimate of drug-likeness (QED) is 0.725. The molecule has 82 valence electrons. The molecule has 0 bridgehead atoms. The average molecular weight is 207 g/mol. The van der Waals surface area contributed by atoms with Gasteiger partial charge in [0.15, 0.2) is 0 Å². The molecule has 1 aromatic rings. The van der Waals surface area contributed by atoms with Crippen LogP contribution in [0, 0.1) is 25.2 Å². The van der Waals surface area contributed by atoms with Crippen LogP contribution < -0.4 is 5.32 Å². The molecular weight excluding hydrogens is 190 g/mol. The molecule has 0 radical (unpaired) electrons. The molecule has 0 spiro atoms. The minimum atomic E-state index is 0.638. The van der Waals surface area contributed by atoms with Crippen molar-refractivity contribution < 1.29 is 4.42 Å². The van der Waals surface area contributed by atoms with Crippen LogP contribution in [0.2, 0.25) is 0 Å². The van der Waals surface area contributed by atoms with E-state index in [0.717, 1.165) is 36.7 Å². The van der Waals surface area contributed by atoms with Crippen molar-refractivity contribution in [3.63, 3.8) is 0 Å². The first-order chi connectivity index (χ1) is 7.24. The van der Waals surface area contributed by atoms with Crippen LogP contribution >= 0.6 is 0 Å². The van der Waals surface area contributed by atoms with Crippen LogP contribution in [-0.2, 0) is 6.54 Å². The van der Waals surface area contributed by atoms with E-state index in [1.165, 1.54) is 0 Å². The zero-order chi connectivity index (χ0) is 11.1. The number of oxazole rings is 1. The van der Waals surface area contributed by atoms with Crippen molar-refractivity contribution in [3.05, 3.63) is 17.3 Å². The molecule has 4 nitrogen and oxygen atoms in total. The van der Waals surface area contributed by atoms with E-state index in [-0.39, 0.29) is 0 Å². The Labute approximate surface area is 90.3 Å². The van der Waals surface area contributed by atoms with Crippen LogP contribution in [0.4, 0.5) is 0 Å². The van der Waals surface area contributed by atoms with Gasteiger partial charge in [0, 0.05) is 6.42 Å². The van der Waals surface area contributed by atoms with Crippen LogP contribution in [0.1, 0.15) is 36.6 Å². The van der Waals surface area contributed by atoms with Crippen molar-refractivity contribution in [1.82, 2.24) is 10.3 Å². The minimum Gasteiger partial charge on any atom is -0.444 e. The highest BCUT2D eigenvalue weighted by Gasteiger charge is 2.03. The first-order valence-corrected chi connectivity index (χ1v) is 5.24. The van der Waals surface area contributed by atoms with E-state index in [0.29, 0.717) is 13.0 Å². The third-order valence-corrected chi connectivity index (χ3v) is 2.24. The normalized spacial score (nSPS) is 10.2. The lowest BCUT2D eigenvalue weighted by molar-refractivity contribution is 0.447. The summed E-state index contributed by atoms with van der Waals surface area (Å²) in [5.41, 5.74) is 0.955. The molecule has 0 aliphatic carbocycles. The maximum Gasteiger partial charge on any atom is 0.208 e. The van der Waals surface area contributed by atoms with Gasteiger partial charge < -0.3 is 9.73 Å². The van der Waals surface area contributed by atoms with E-state index in [1.54, 1.807) is 0 Å². The van der Waals surface area contributed by atoms with Gasteiger partial charge in [-0.05, 0) is 33.2 Å². The second-order valence-corrected chi connectivity index (χ2v) is 3.54. The van der Waals surface area contributed by atoms with Crippen LogP contribution in [-0.4, -0.2) is 11.5 Å². The van der Waals surface area contributed by atoms with Gasteiger partial charge in [-0.2, -0.15) is 5.26 Å². The zero-order valence-electron chi connectivity index (χ0n) is 9.34. The van der Waals surface area contributed by atoms with Crippen molar-refractivity contribution in [2.24, 2.45) is 0 Å². The zero-order valence-corrected chi connectivity index (χ0v) is 9.34. The van der Waals surface area contributed by atoms with Gasteiger partial charge in [0.25, 0.3) is 0 Å². The molecule has 0 saturated heterocycles. The summed E-state index contributed by atoms with van der Waals surface area (Å²) in [6.07, 6.45) is 2.61. The Bertz CT molecular complexity index is 319. The molecule has 1 N–H and O–H groups in total. The molecule has 1 rings (SSSR count). The maximum absolute atomic E-state index is 8.34. The molecule has 0 aromatic carbocycles. The number of aryl methyl sites for hydroxylation is 2. The number of aromatic nitrogens is 1. The van der Waals surface area contributed by atoms with Gasteiger partial charge in [0.05, 0.1) is 18.3 Å². The van der Waals surface area contributed by atoms with Crippen LogP contribution in [0.15, 0.2) is 4.42 Å². The number of hydrogen-bond acceptors (Lipinski definition) is 4. The third kappa shape index (κ3) is 4.13. The summed E-state index contributed by atoms with van der Waals surface area (Å²) < 4.78 is 5.42. The average Bonchev–Trinajstić information content (AvgIpc) is 2.52. The number of nitrogens with zero attached hydrogens (tertiary/aromatic N) is 2. The molecule has 1 heterocycles. The lowest BCUT2D eigenvalue weighted by atomic mass is 10.2. The SMILES string of the molecule is Cc1nc(CNCCCCC#N)oc1C. The predicted molar refractivity (Wildman–Crippen MR) is 57.1 cm³/mol. The summed E-state index contributed by atoms with van der Waals surface area (Å²) in [6, 6.07) is 2.13. The van der Waals surface area contributed by atoms with Gasteiger partial charge >= 0.3 is 0 Å². The van der Waals surface area contributed by atoms with Gasteiger partial charge in [0.1, 0.15) is 5.76 Å². The predicted octanol–water partition coefficient (Wildman–Crippen LogP) is 2.07. The summed E-state index contributed by atoms with van der Waals surface area (Å²) in [6.45, 7) is 5.43. The number of rotatable bonds is 6. The molecule has 0 saturated carbocycles. The standard InChI is InChI=1S/C11H17N3O/c1-9-10(2)15-11(14-9)8-13-7-5-3-4-6-12/h13H,3-5,7-8H2,1-2H3. The largest absolute Gasteiger partial charge is 0.444 e. The van der Waals surface area contributed by atoms with Crippen LogP contribution in [0.5, 0.6) is 0 Å². The molecule has 0 amide bonds. The molecule has 0 aliphatic heterocycles. The number of unbranched alkanes of at least 4 members (excludes halogenated alkanes) is 2. The first-order valence-electron chi connectivity index (χ1n) is 5.24. The fourth-order valence-corrected chi connectivity index (χ4v) is 1.26. The fraction of sp³-hybridized carbons (Fsp3) is 0.636. The Morgan fingerprint density at radius 1 is 1.40 bits per heavy atom. The van der Waals surface area contributed by atoms with Gasteiger partial charge in [-0.15, -0.1) is 0 Å². The lowest BCUT2D eigenvalue weighted by Crippen LogP contribution is -2.14. The molecule has 0 fully saturated rings. The monoisotopic (exact) mass is 207 g/mol. The molecule has 0 unspecified atom stereocenters. The molecule has 1 aromatic heterocycles. The Hall–Kier alpha value is -1.34. The summed E-state index contributed by atoms with van der Waals surface area (Å²) in [5.74, 6) is 1.63. The van der Waals surface area contributed by atoms with E-state index < -0.39 is 0 Å². The highest BCUT2D eigenvalue weighted by molar-refractivity contribution is 5.04. The second-order valence-electron chi connectivity index (χ2n) is 3.54. The van der Waals surface area contributed by atoms with Crippen LogP contribution in [0.25, 0.3) is 0 Å². The van der Waals surface area contributed by atoms with Crippen molar-refractivity contribution in [2.75, 3.05) is 6.54 Å². The van der Waals surface area contributed by atoms with E-state index in [4.69, 9.17) is 9.68 Å².